The lowest BCUT2D eigenvalue weighted by molar-refractivity contribution is 0.0784. The van der Waals surface area contributed by atoms with Gasteiger partial charge in [0.05, 0.1) is 0 Å². The minimum absolute atomic E-state index is 0.0996. The summed E-state index contributed by atoms with van der Waals surface area (Å²) in [6, 6.07) is 13.8. The van der Waals surface area contributed by atoms with Crippen LogP contribution in [0, 0.1) is 12.8 Å². The number of benzene rings is 1. The lowest BCUT2D eigenvalue weighted by Gasteiger charge is -2.16. The SMILES string of the molecule is Cc1ccc2ncc(C(=O)N3C[C@@H](CN)[C@H](c4ccccc4)C3)c(=O)n2c1. The zero-order chi connectivity index (χ0) is 19.0. The fraction of sp³-hybridized carbons (Fsp3) is 0.286. The highest BCUT2D eigenvalue weighted by Crippen LogP contribution is 2.32. The first-order valence-corrected chi connectivity index (χ1v) is 9.11. The molecule has 6 nitrogen and oxygen atoms in total. The van der Waals surface area contributed by atoms with Crippen LogP contribution in [-0.2, 0) is 0 Å². The van der Waals surface area contributed by atoms with E-state index >= 15 is 0 Å². The van der Waals surface area contributed by atoms with Gasteiger partial charge in [0.25, 0.3) is 11.5 Å². The average molecular weight is 362 g/mol. The van der Waals surface area contributed by atoms with Crippen LogP contribution in [0.2, 0.25) is 0 Å². The van der Waals surface area contributed by atoms with Crippen LogP contribution in [0.5, 0.6) is 0 Å². The van der Waals surface area contributed by atoms with Crippen molar-refractivity contribution in [3.8, 4) is 0 Å². The Labute approximate surface area is 157 Å². The highest BCUT2D eigenvalue weighted by molar-refractivity contribution is 5.94. The molecule has 0 unspecified atom stereocenters. The summed E-state index contributed by atoms with van der Waals surface area (Å²) in [5.74, 6) is 0.0774. The zero-order valence-electron chi connectivity index (χ0n) is 15.2. The van der Waals surface area contributed by atoms with Gasteiger partial charge in [0, 0.05) is 31.4 Å². The van der Waals surface area contributed by atoms with Crippen molar-refractivity contribution in [2.45, 2.75) is 12.8 Å². The van der Waals surface area contributed by atoms with E-state index in [-0.39, 0.29) is 28.9 Å². The predicted molar refractivity (Wildman–Crippen MR) is 104 cm³/mol. The van der Waals surface area contributed by atoms with E-state index in [9.17, 15) is 9.59 Å². The molecule has 0 radical (unpaired) electrons. The van der Waals surface area contributed by atoms with Gasteiger partial charge in [-0.05, 0) is 36.6 Å². The molecule has 1 amide bonds. The molecule has 2 N–H and O–H groups in total. The van der Waals surface area contributed by atoms with Crippen LogP contribution in [-0.4, -0.2) is 39.8 Å². The summed E-state index contributed by atoms with van der Waals surface area (Å²) in [7, 11) is 0. The van der Waals surface area contributed by atoms with Crippen molar-refractivity contribution in [3.05, 3.63) is 81.9 Å². The number of nitrogens with two attached hydrogens (primary N) is 1. The van der Waals surface area contributed by atoms with Crippen LogP contribution in [0.15, 0.2) is 59.7 Å². The largest absolute Gasteiger partial charge is 0.337 e. The number of carbonyl (C=O) groups is 1. The summed E-state index contributed by atoms with van der Waals surface area (Å²) >= 11 is 0. The molecule has 0 bridgehead atoms. The molecule has 1 fully saturated rings. The molecule has 0 aliphatic carbocycles. The number of aryl methyl sites for hydroxylation is 1. The molecule has 1 aromatic carbocycles. The van der Waals surface area contributed by atoms with Crippen molar-refractivity contribution >= 4 is 11.6 Å². The van der Waals surface area contributed by atoms with Crippen LogP contribution < -0.4 is 11.3 Å². The van der Waals surface area contributed by atoms with E-state index in [4.69, 9.17) is 5.73 Å². The van der Waals surface area contributed by atoms with Gasteiger partial charge in [-0.1, -0.05) is 36.4 Å². The fourth-order valence-electron chi connectivity index (χ4n) is 3.85. The number of likely N-dealkylation sites (tertiary alicyclic amines) is 1. The molecule has 1 saturated heterocycles. The Bertz CT molecular complexity index is 1040. The molecule has 2 atom stereocenters. The van der Waals surface area contributed by atoms with Crippen molar-refractivity contribution < 1.29 is 4.79 Å². The van der Waals surface area contributed by atoms with Gasteiger partial charge in [-0.2, -0.15) is 0 Å². The Morgan fingerprint density at radius 2 is 1.96 bits per heavy atom. The highest BCUT2D eigenvalue weighted by atomic mass is 16.2. The van der Waals surface area contributed by atoms with E-state index in [0.717, 1.165) is 5.56 Å². The van der Waals surface area contributed by atoms with E-state index < -0.39 is 0 Å². The topological polar surface area (TPSA) is 80.7 Å². The second kappa shape index (κ2) is 6.96. The average Bonchev–Trinajstić information content (AvgIpc) is 3.13. The highest BCUT2D eigenvalue weighted by Gasteiger charge is 2.36. The zero-order valence-corrected chi connectivity index (χ0v) is 15.2. The normalized spacial score (nSPS) is 19.6. The van der Waals surface area contributed by atoms with Gasteiger partial charge in [-0.3, -0.25) is 14.0 Å². The number of pyridine rings is 1. The number of rotatable bonds is 3. The molecule has 0 saturated carbocycles. The van der Waals surface area contributed by atoms with Gasteiger partial charge in [-0.15, -0.1) is 0 Å². The first-order chi connectivity index (χ1) is 13.1. The maximum absolute atomic E-state index is 13.1. The fourth-order valence-corrected chi connectivity index (χ4v) is 3.85. The van der Waals surface area contributed by atoms with E-state index in [2.05, 4.69) is 17.1 Å². The van der Waals surface area contributed by atoms with Gasteiger partial charge in [-0.25, -0.2) is 4.98 Å². The third kappa shape index (κ3) is 3.13. The van der Waals surface area contributed by atoms with Crippen LogP contribution in [0.3, 0.4) is 0 Å². The van der Waals surface area contributed by atoms with E-state index in [1.165, 1.54) is 16.2 Å². The molecule has 138 valence electrons. The van der Waals surface area contributed by atoms with Crippen LogP contribution in [0.25, 0.3) is 5.65 Å². The van der Waals surface area contributed by atoms with Gasteiger partial charge < -0.3 is 10.6 Å². The summed E-state index contributed by atoms with van der Waals surface area (Å²) in [4.78, 5) is 31.9. The van der Waals surface area contributed by atoms with Crippen molar-refractivity contribution in [1.29, 1.82) is 0 Å². The Morgan fingerprint density at radius 3 is 2.70 bits per heavy atom. The summed E-state index contributed by atoms with van der Waals surface area (Å²) in [6.45, 7) is 3.50. The first-order valence-electron chi connectivity index (χ1n) is 9.11. The van der Waals surface area contributed by atoms with E-state index in [0.29, 0.717) is 25.3 Å². The molecule has 1 aliphatic rings. The first kappa shape index (κ1) is 17.4. The van der Waals surface area contributed by atoms with Crippen molar-refractivity contribution in [2.75, 3.05) is 19.6 Å². The van der Waals surface area contributed by atoms with Crippen LogP contribution in [0.4, 0.5) is 0 Å². The molecule has 2 aromatic heterocycles. The number of hydrogen-bond acceptors (Lipinski definition) is 4. The summed E-state index contributed by atoms with van der Waals surface area (Å²) < 4.78 is 1.44. The number of hydrogen-bond donors (Lipinski definition) is 1. The number of amides is 1. The van der Waals surface area contributed by atoms with Gasteiger partial charge in [0.1, 0.15) is 11.2 Å². The maximum atomic E-state index is 13.1. The van der Waals surface area contributed by atoms with Crippen molar-refractivity contribution in [1.82, 2.24) is 14.3 Å². The van der Waals surface area contributed by atoms with Crippen LogP contribution in [0.1, 0.15) is 27.4 Å². The molecular formula is C21H22N4O2. The Hall–Kier alpha value is -2.99. The molecule has 1 aliphatic heterocycles. The smallest absolute Gasteiger partial charge is 0.270 e. The Kier molecular flexibility index (Phi) is 4.49. The second-order valence-electron chi connectivity index (χ2n) is 7.13. The molecule has 4 rings (SSSR count). The number of aromatic nitrogens is 2. The number of nitrogens with zero attached hydrogens (tertiary/aromatic N) is 3. The molecule has 3 heterocycles. The third-order valence-electron chi connectivity index (χ3n) is 5.34. The summed E-state index contributed by atoms with van der Waals surface area (Å²) in [5, 5.41) is 0. The monoisotopic (exact) mass is 362 g/mol. The maximum Gasteiger partial charge on any atom is 0.270 e. The van der Waals surface area contributed by atoms with Crippen molar-refractivity contribution in [2.24, 2.45) is 11.7 Å². The Morgan fingerprint density at radius 1 is 1.19 bits per heavy atom. The lowest BCUT2D eigenvalue weighted by atomic mass is 9.89. The second-order valence-corrected chi connectivity index (χ2v) is 7.13. The van der Waals surface area contributed by atoms with Gasteiger partial charge in [0.2, 0.25) is 0 Å². The van der Waals surface area contributed by atoms with Crippen LogP contribution >= 0.6 is 0 Å². The molecule has 27 heavy (non-hydrogen) atoms. The molecule has 0 spiro atoms. The van der Waals surface area contributed by atoms with Crippen molar-refractivity contribution in [3.63, 3.8) is 0 Å². The van der Waals surface area contributed by atoms with Gasteiger partial charge in [0.15, 0.2) is 0 Å². The number of carbonyl (C=O) groups excluding carboxylic acids is 1. The van der Waals surface area contributed by atoms with E-state index in [1.807, 2.05) is 31.2 Å². The molecular weight excluding hydrogens is 340 g/mol. The number of fused-ring (bicyclic) bond motifs is 1. The predicted octanol–water partition coefficient (Wildman–Crippen LogP) is 1.82. The third-order valence-corrected chi connectivity index (χ3v) is 5.34. The van der Waals surface area contributed by atoms with Gasteiger partial charge >= 0.3 is 0 Å². The molecule has 6 heteroatoms. The standard InChI is InChI=1S/C21H22N4O2/c1-14-7-8-19-23-10-17(21(27)25(19)11-14)20(26)24-12-16(9-22)18(13-24)15-5-3-2-4-6-15/h2-8,10-11,16,18H,9,12-13,22H2,1H3/t16-,18+/m1/s1. The minimum atomic E-state index is -0.332. The van der Waals surface area contributed by atoms with E-state index in [1.54, 1.807) is 17.2 Å². The molecule has 3 aromatic rings. The quantitative estimate of drug-likeness (QED) is 0.771. The Balaban J connectivity index is 1.66. The minimum Gasteiger partial charge on any atom is -0.337 e. The lowest BCUT2D eigenvalue weighted by Crippen LogP contribution is -2.35. The summed E-state index contributed by atoms with van der Waals surface area (Å²) in [6.07, 6.45) is 3.10. The summed E-state index contributed by atoms with van der Waals surface area (Å²) in [5.41, 5.74) is 8.38.